The third kappa shape index (κ3) is 6.02. The Kier molecular flexibility index (Phi) is 8.35. The molecule has 0 bridgehead atoms. The predicted octanol–water partition coefficient (Wildman–Crippen LogP) is 13.2. The largest absolute Gasteiger partial charge is 0.309 e. The normalized spacial score (nSPS) is 11.5. The molecule has 0 fully saturated rings. The van der Waals surface area contributed by atoms with Crippen molar-refractivity contribution in [2.45, 2.75) is 0 Å². The summed E-state index contributed by atoms with van der Waals surface area (Å²) in [6.07, 6.45) is 3.70. The van der Waals surface area contributed by atoms with Crippen molar-refractivity contribution in [1.29, 1.82) is 0 Å². The lowest BCUT2D eigenvalue weighted by Crippen LogP contribution is -2.00. The molecule has 0 saturated carbocycles. The van der Waals surface area contributed by atoms with Gasteiger partial charge in [-0.25, -0.2) is 15.0 Å². The van der Waals surface area contributed by atoms with E-state index in [4.69, 9.17) is 15.0 Å². The molecule has 0 atom stereocenters. The zero-order valence-electron chi connectivity index (χ0n) is 33.3. The molecule has 0 aliphatic rings. The Balaban J connectivity index is 0.991. The standard InChI is InChI=1S/C55H35N7/c1-3-13-36(14-4-1)53-58-54(37-15-5-2-6-16-37)60-55(59-53)38-21-25-41(26-22-38)61-49-20-8-7-17-43(49)46-35-42(27-30-52(46)61)62-50-28-23-39(47-18-9-11-31-56-47)33-44(50)45-34-40(24-29-51(45)62)48-19-10-12-32-57-48/h1-35H. The molecule has 0 aliphatic heterocycles. The summed E-state index contributed by atoms with van der Waals surface area (Å²) in [7, 11) is 0. The second kappa shape index (κ2) is 14.6. The molecule has 62 heavy (non-hydrogen) atoms. The van der Waals surface area contributed by atoms with Gasteiger partial charge in [0.15, 0.2) is 17.5 Å². The van der Waals surface area contributed by atoms with E-state index in [1.54, 1.807) is 0 Å². The van der Waals surface area contributed by atoms with Crippen molar-refractivity contribution in [1.82, 2.24) is 34.1 Å². The maximum atomic E-state index is 4.97. The Bertz CT molecular complexity index is 3450. The molecular weight excluding hydrogens is 759 g/mol. The first-order valence-electron chi connectivity index (χ1n) is 20.7. The van der Waals surface area contributed by atoms with Gasteiger partial charge in [0.1, 0.15) is 0 Å². The summed E-state index contributed by atoms with van der Waals surface area (Å²) in [5.41, 5.74) is 13.5. The number of aromatic nitrogens is 7. The van der Waals surface area contributed by atoms with Gasteiger partial charge in [0.05, 0.1) is 33.5 Å². The van der Waals surface area contributed by atoms with Crippen molar-refractivity contribution >= 4 is 43.6 Å². The minimum atomic E-state index is 0.626. The molecule has 0 N–H and O–H groups in total. The summed E-state index contributed by atoms with van der Waals surface area (Å²) in [6.45, 7) is 0. The minimum Gasteiger partial charge on any atom is -0.309 e. The average Bonchev–Trinajstić information content (AvgIpc) is 3.86. The van der Waals surface area contributed by atoms with Crippen molar-refractivity contribution in [3.8, 4) is 68.1 Å². The number of hydrogen-bond donors (Lipinski definition) is 0. The Labute approximate surface area is 356 Å². The van der Waals surface area contributed by atoms with Gasteiger partial charge in [-0.15, -0.1) is 0 Å². The number of rotatable bonds is 7. The monoisotopic (exact) mass is 793 g/mol. The van der Waals surface area contributed by atoms with Gasteiger partial charge in [0.2, 0.25) is 0 Å². The number of benzene rings is 7. The van der Waals surface area contributed by atoms with E-state index < -0.39 is 0 Å². The molecule has 0 radical (unpaired) electrons. The van der Waals surface area contributed by atoms with Crippen LogP contribution >= 0.6 is 0 Å². The van der Waals surface area contributed by atoms with Crippen molar-refractivity contribution in [2.75, 3.05) is 0 Å². The molecule has 12 rings (SSSR count). The van der Waals surface area contributed by atoms with Gasteiger partial charge < -0.3 is 9.13 Å². The first-order chi connectivity index (χ1) is 30.7. The van der Waals surface area contributed by atoms with Crippen LogP contribution in [-0.4, -0.2) is 34.1 Å². The van der Waals surface area contributed by atoms with E-state index in [2.05, 4.69) is 134 Å². The predicted molar refractivity (Wildman–Crippen MR) is 251 cm³/mol. The van der Waals surface area contributed by atoms with E-state index in [-0.39, 0.29) is 0 Å². The number of pyridine rings is 2. The average molecular weight is 794 g/mol. The molecule has 0 spiro atoms. The lowest BCUT2D eigenvalue weighted by molar-refractivity contribution is 1.07. The number of hydrogen-bond acceptors (Lipinski definition) is 5. The minimum absolute atomic E-state index is 0.626. The van der Waals surface area contributed by atoms with Crippen LogP contribution in [0.2, 0.25) is 0 Å². The van der Waals surface area contributed by atoms with Gasteiger partial charge in [-0.2, -0.15) is 0 Å². The van der Waals surface area contributed by atoms with E-state index in [1.165, 1.54) is 10.8 Å². The Morgan fingerprint density at radius 3 is 1.21 bits per heavy atom. The van der Waals surface area contributed by atoms with Crippen molar-refractivity contribution in [3.05, 3.63) is 213 Å². The highest BCUT2D eigenvalue weighted by Gasteiger charge is 2.19. The van der Waals surface area contributed by atoms with Crippen LogP contribution in [0.3, 0.4) is 0 Å². The van der Waals surface area contributed by atoms with E-state index in [0.717, 1.165) is 83.4 Å². The van der Waals surface area contributed by atoms with Gasteiger partial charge in [-0.05, 0) is 97.1 Å². The number of nitrogens with zero attached hydrogens (tertiary/aromatic N) is 7. The van der Waals surface area contributed by atoms with Crippen molar-refractivity contribution < 1.29 is 0 Å². The van der Waals surface area contributed by atoms with Crippen LogP contribution in [-0.2, 0) is 0 Å². The summed E-state index contributed by atoms with van der Waals surface area (Å²) in [6, 6.07) is 69.6. The Morgan fingerprint density at radius 2 is 0.677 bits per heavy atom. The van der Waals surface area contributed by atoms with Crippen LogP contribution < -0.4 is 0 Å². The van der Waals surface area contributed by atoms with Crippen LogP contribution in [0, 0.1) is 0 Å². The SMILES string of the molecule is c1ccc(-c2nc(-c3ccccc3)nc(-c3ccc(-n4c5ccccc5c5cc(-n6c7ccc(-c8ccccn8)cc7c7cc(-c8ccccn8)ccc76)ccc54)cc3)n2)cc1. The fourth-order valence-corrected chi connectivity index (χ4v) is 8.76. The molecule has 0 aliphatic carbocycles. The zero-order valence-corrected chi connectivity index (χ0v) is 33.3. The molecule has 290 valence electrons. The third-order valence-corrected chi connectivity index (χ3v) is 11.7. The van der Waals surface area contributed by atoms with Gasteiger partial charge in [0.25, 0.3) is 0 Å². The van der Waals surface area contributed by atoms with Crippen LogP contribution in [0.1, 0.15) is 0 Å². The fraction of sp³-hybridized carbons (Fsp3) is 0. The van der Waals surface area contributed by atoms with Crippen LogP contribution in [0.5, 0.6) is 0 Å². The molecule has 5 aromatic heterocycles. The zero-order chi connectivity index (χ0) is 41.0. The molecule has 7 heteroatoms. The highest BCUT2D eigenvalue weighted by molar-refractivity contribution is 6.13. The number of fused-ring (bicyclic) bond motifs is 6. The van der Waals surface area contributed by atoms with Gasteiger partial charge in [-0.1, -0.05) is 103 Å². The number of para-hydroxylation sites is 1. The maximum Gasteiger partial charge on any atom is 0.164 e. The van der Waals surface area contributed by atoms with Crippen molar-refractivity contribution in [3.63, 3.8) is 0 Å². The summed E-state index contributed by atoms with van der Waals surface area (Å²) >= 11 is 0. The Morgan fingerprint density at radius 1 is 0.274 bits per heavy atom. The lowest BCUT2D eigenvalue weighted by atomic mass is 10.0. The van der Waals surface area contributed by atoms with Gasteiger partial charge >= 0.3 is 0 Å². The quantitative estimate of drug-likeness (QED) is 0.161. The maximum absolute atomic E-state index is 4.97. The van der Waals surface area contributed by atoms with E-state index in [9.17, 15) is 0 Å². The van der Waals surface area contributed by atoms with E-state index >= 15 is 0 Å². The summed E-state index contributed by atoms with van der Waals surface area (Å²) in [5, 5.41) is 4.67. The topological polar surface area (TPSA) is 74.3 Å². The first-order valence-corrected chi connectivity index (χ1v) is 20.7. The Hall–Kier alpha value is -8.55. The lowest BCUT2D eigenvalue weighted by Gasteiger charge is -2.12. The molecule has 12 aromatic rings. The smallest absolute Gasteiger partial charge is 0.164 e. The van der Waals surface area contributed by atoms with Crippen LogP contribution in [0.15, 0.2) is 213 Å². The van der Waals surface area contributed by atoms with Crippen LogP contribution in [0.4, 0.5) is 0 Å². The molecule has 0 unspecified atom stereocenters. The molecule has 0 saturated heterocycles. The van der Waals surface area contributed by atoms with Crippen LogP contribution in [0.25, 0.3) is 112 Å². The summed E-state index contributed by atoms with van der Waals surface area (Å²) in [5.74, 6) is 1.91. The second-order valence-electron chi connectivity index (χ2n) is 15.4. The highest BCUT2D eigenvalue weighted by atomic mass is 15.0. The summed E-state index contributed by atoms with van der Waals surface area (Å²) < 4.78 is 4.73. The van der Waals surface area contributed by atoms with Gasteiger partial charge in [-0.3, -0.25) is 9.97 Å². The first kappa shape index (κ1) is 35.4. The molecule has 7 aromatic carbocycles. The highest BCUT2D eigenvalue weighted by Crippen LogP contribution is 2.39. The molecule has 7 nitrogen and oxygen atoms in total. The second-order valence-corrected chi connectivity index (χ2v) is 15.4. The molecule has 0 amide bonds. The van der Waals surface area contributed by atoms with Gasteiger partial charge in [0, 0.05) is 73.1 Å². The van der Waals surface area contributed by atoms with E-state index in [1.807, 2.05) is 97.3 Å². The summed E-state index contributed by atoms with van der Waals surface area (Å²) in [4.78, 5) is 24.2. The molecule has 5 heterocycles. The van der Waals surface area contributed by atoms with Crippen molar-refractivity contribution in [2.24, 2.45) is 0 Å². The van der Waals surface area contributed by atoms with E-state index in [0.29, 0.717) is 17.5 Å². The molecular formula is C55H35N7. The third-order valence-electron chi connectivity index (χ3n) is 11.7. The fourth-order valence-electron chi connectivity index (χ4n) is 8.76.